The van der Waals surface area contributed by atoms with Crippen molar-refractivity contribution >= 4 is 17.2 Å². The SMILES string of the molecule is Cc1oc(C(C)C)nc1C(=O)NCC1OCCc2sc(F)cc21. The standard InChI is InChI=1S/C16H19FN2O3S/c1-8(2)16-19-14(9(3)22-16)15(20)18-7-11-10-6-13(17)23-12(10)4-5-21-11/h6,8,11H,4-5,7H2,1-3H3,(H,18,20). The molecule has 23 heavy (non-hydrogen) atoms. The summed E-state index contributed by atoms with van der Waals surface area (Å²) in [6.07, 6.45) is 0.398. The van der Waals surface area contributed by atoms with E-state index < -0.39 is 0 Å². The average Bonchev–Trinajstić information content (AvgIpc) is 3.07. The zero-order valence-corrected chi connectivity index (χ0v) is 14.1. The first kappa shape index (κ1) is 16.1. The Kier molecular flexibility index (Phi) is 4.50. The van der Waals surface area contributed by atoms with E-state index in [4.69, 9.17) is 9.15 Å². The van der Waals surface area contributed by atoms with Crippen molar-refractivity contribution in [1.29, 1.82) is 0 Å². The highest BCUT2D eigenvalue weighted by Gasteiger charge is 2.25. The minimum absolute atomic E-state index is 0.119. The molecule has 0 aliphatic carbocycles. The second-order valence-electron chi connectivity index (χ2n) is 5.86. The van der Waals surface area contributed by atoms with Crippen LogP contribution in [0.3, 0.4) is 0 Å². The lowest BCUT2D eigenvalue weighted by atomic mass is 10.1. The van der Waals surface area contributed by atoms with E-state index in [-0.39, 0.29) is 29.6 Å². The van der Waals surface area contributed by atoms with Crippen LogP contribution in [0.1, 0.15) is 58.4 Å². The van der Waals surface area contributed by atoms with Crippen LogP contribution in [0, 0.1) is 12.1 Å². The molecule has 1 amide bonds. The van der Waals surface area contributed by atoms with Crippen molar-refractivity contribution in [2.24, 2.45) is 0 Å². The molecule has 0 radical (unpaired) electrons. The van der Waals surface area contributed by atoms with Gasteiger partial charge in [-0.15, -0.1) is 11.3 Å². The minimum Gasteiger partial charge on any atom is -0.445 e. The van der Waals surface area contributed by atoms with Gasteiger partial charge in [-0.05, 0) is 18.6 Å². The summed E-state index contributed by atoms with van der Waals surface area (Å²) in [6.45, 7) is 6.45. The molecule has 5 nitrogen and oxygen atoms in total. The summed E-state index contributed by atoms with van der Waals surface area (Å²) < 4.78 is 24.6. The van der Waals surface area contributed by atoms with Crippen LogP contribution >= 0.6 is 11.3 Å². The predicted octanol–water partition coefficient (Wildman–Crippen LogP) is 3.35. The number of rotatable bonds is 4. The van der Waals surface area contributed by atoms with Gasteiger partial charge in [-0.3, -0.25) is 4.79 Å². The zero-order chi connectivity index (χ0) is 16.6. The number of nitrogens with zero attached hydrogens (tertiary/aromatic N) is 1. The topological polar surface area (TPSA) is 64.4 Å². The third kappa shape index (κ3) is 3.30. The van der Waals surface area contributed by atoms with Crippen LogP contribution in [0.15, 0.2) is 10.5 Å². The summed E-state index contributed by atoms with van der Waals surface area (Å²) in [5.74, 6) is 0.861. The van der Waals surface area contributed by atoms with E-state index in [0.717, 1.165) is 21.8 Å². The molecule has 0 saturated carbocycles. The van der Waals surface area contributed by atoms with Gasteiger partial charge in [0.15, 0.2) is 16.7 Å². The van der Waals surface area contributed by atoms with Crippen LogP contribution in [0.5, 0.6) is 0 Å². The van der Waals surface area contributed by atoms with Crippen molar-refractivity contribution in [1.82, 2.24) is 10.3 Å². The Morgan fingerprint density at radius 1 is 1.57 bits per heavy atom. The summed E-state index contributed by atoms with van der Waals surface area (Å²) >= 11 is 1.15. The van der Waals surface area contributed by atoms with Gasteiger partial charge in [-0.1, -0.05) is 13.8 Å². The third-order valence-electron chi connectivity index (χ3n) is 3.78. The number of halogens is 1. The molecule has 124 valence electrons. The van der Waals surface area contributed by atoms with Gasteiger partial charge >= 0.3 is 0 Å². The van der Waals surface area contributed by atoms with Gasteiger partial charge in [0.1, 0.15) is 11.9 Å². The fourth-order valence-corrected chi connectivity index (χ4v) is 3.49. The number of ether oxygens (including phenoxy) is 1. The Balaban J connectivity index is 1.68. The monoisotopic (exact) mass is 338 g/mol. The Bertz CT molecular complexity index is 723. The fourth-order valence-electron chi connectivity index (χ4n) is 2.57. The third-order valence-corrected chi connectivity index (χ3v) is 4.78. The van der Waals surface area contributed by atoms with Crippen LogP contribution < -0.4 is 5.32 Å². The smallest absolute Gasteiger partial charge is 0.273 e. The Morgan fingerprint density at radius 3 is 3.04 bits per heavy atom. The zero-order valence-electron chi connectivity index (χ0n) is 13.3. The number of hydrogen-bond acceptors (Lipinski definition) is 5. The van der Waals surface area contributed by atoms with Crippen LogP contribution in [0.25, 0.3) is 0 Å². The van der Waals surface area contributed by atoms with E-state index in [1.807, 2.05) is 13.8 Å². The van der Waals surface area contributed by atoms with Gasteiger partial charge < -0.3 is 14.5 Å². The Morgan fingerprint density at radius 2 is 2.35 bits per heavy atom. The number of thiophene rings is 1. The number of aromatic nitrogens is 1. The molecule has 1 aliphatic heterocycles. The molecule has 2 aromatic heterocycles. The molecule has 1 aliphatic rings. The van der Waals surface area contributed by atoms with Gasteiger partial charge in [0.05, 0.1) is 6.61 Å². The van der Waals surface area contributed by atoms with E-state index >= 15 is 0 Å². The first-order chi connectivity index (χ1) is 11.0. The summed E-state index contributed by atoms with van der Waals surface area (Å²) in [5.41, 5.74) is 1.13. The van der Waals surface area contributed by atoms with E-state index in [0.29, 0.717) is 30.4 Å². The fraction of sp³-hybridized carbons (Fsp3) is 0.500. The summed E-state index contributed by atoms with van der Waals surface area (Å²) in [4.78, 5) is 17.5. The van der Waals surface area contributed by atoms with Crippen molar-refractivity contribution in [3.63, 3.8) is 0 Å². The van der Waals surface area contributed by atoms with E-state index in [2.05, 4.69) is 10.3 Å². The maximum atomic E-state index is 13.4. The molecule has 1 atom stereocenters. The van der Waals surface area contributed by atoms with Gasteiger partial charge in [-0.25, -0.2) is 4.98 Å². The lowest BCUT2D eigenvalue weighted by molar-refractivity contribution is 0.0421. The van der Waals surface area contributed by atoms with Crippen molar-refractivity contribution in [3.8, 4) is 0 Å². The number of amides is 1. The highest BCUT2D eigenvalue weighted by Crippen LogP contribution is 2.32. The Hall–Kier alpha value is -1.73. The number of fused-ring (bicyclic) bond motifs is 1. The Labute approximate surface area is 137 Å². The second kappa shape index (κ2) is 6.41. The number of aryl methyl sites for hydroxylation is 1. The highest BCUT2D eigenvalue weighted by molar-refractivity contribution is 7.10. The van der Waals surface area contributed by atoms with Crippen LogP contribution in [-0.2, 0) is 11.2 Å². The molecule has 0 fully saturated rings. The number of carbonyl (C=O) groups excluding carboxylic acids is 1. The molecule has 1 N–H and O–H groups in total. The molecule has 2 aromatic rings. The van der Waals surface area contributed by atoms with Gasteiger partial charge in [0.25, 0.3) is 5.91 Å². The largest absolute Gasteiger partial charge is 0.445 e. The van der Waals surface area contributed by atoms with E-state index in [9.17, 15) is 9.18 Å². The number of carbonyl (C=O) groups is 1. The molecule has 0 bridgehead atoms. The maximum absolute atomic E-state index is 13.4. The highest BCUT2D eigenvalue weighted by atomic mass is 32.1. The van der Waals surface area contributed by atoms with Crippen molar-refractivity contribution in [3.05, 3.63) is 39.0 Å². The summed E-state index contributed by atoms with van der Waals surface area (Å²) in [5, 5.41) is 2.59. The first-order valence-electron chi connectivity index (χ1n) is 7.61. The van der Waals surface area contributed by atoms with Gasteiger partial charge in [0.2, 0.25) is 0 Å². The molecule has 3 rings (SSSR count). The molecular weight excluding hydrogens is 319 g/mol. The first-order valence-corrected chi connectivity index (χ1v) is 8.42. The number of oxazole rings is 1. The number of hydrogen-bond donors (Lipinski definition) is 1. The molecule has 7 heteroatoms. The molecule has 0 spiro atoms. The second-order valence-corrected chi connectivity index (χ2v) is 6.95. The molecule has 0 aromatic carbocycles. The summed E-state index contributed by atoms with van der Waals surface area (Å²) in [6, 6.07) is 1.49. The minimum atomic E-state index is -0.319. The molecule has 3 heterocycles. The van der Waals surface area contributed by atoms with Crippen molar-refractivity contribution in [2.75, 3.05) is 13.2 Å². The molecular formula is C16H19FN2O3S. The van der Waals surface area contributed by atoms with E-state index in [1.165, 1.54) is 6.07 Å². The van der Waals surface area contributed by atoms with Crippen molar-refractivity contribution < 1.29 is 18.3 Å². The average molecular weight is 338 g/mol. The normalized spacial score (nSPS) is 17.3. The predicted molar refractivity (Wildman–Crippen MR) is 84.3 cm³/mol. The molecule has 0 saturated heterocycles. The van der Waals surface area contributed by atoms with Gasteiger partial charge in [-0.2, -0.15) is 4.39 Å². The quantitative estimate of drug-likeness (QED) is 0.928. The number of nitrogens with one attached hydrogen (secondary N) is 1. The summed E-state index contributed by atoms with van der Waals surface area (Å²) in [7, 11) is 0. The van der Waals surface area contributed by atoms with Gasteiger partial charge in [0, 0.05) is 23.8 Å². The van der Waals surface area contributed by atoms with Crippen LogP contribution in [0.4, 0.5) is 4.39 Å². The van der Waals surface area contributed by atoms with Crippen LogP contribution in [-0.4, -0.2) is 24.0 Å². The maximum Gasteiger partial charge on any atom is 0.273 e. The van der Waals surface area contributed by atoms with E-state index in [1.54, 1.807) is 6.92 Å². The van der Waals surface area contributed by atoms with Crippen LogP contribution in [0.2, 0.25) is 0 Å². The lowest BCUT2D eigenvalue weighted by Gasteiger charge is -2.23. The lowest BCUT2D eigenvalue weighted by Crippen LogP contribution is -2.32. The van der Waals surface area contributed by atoms with Crippen molar-refractivity contribution in [2.45, 2.75) is 39.2 Å². The molecule has 1 unspecified atom stereocenters.